The second-order valence-electron chi connectivity index (χ2n) is 6.13. The van der Waals surface area contributed by atoms with Gasteiger partial charge in [0.1, 0.15) is 0 Å². The first kappa shape index (κ1) is 12.0. The van der Waals surface area contributed by atoms with Crippen molar-refractivity contribution in [2.24, 2.45) is 0 Å². The van der Waals surface area contributed by atoms with Crippen LogP contribution in [0.4, 0.5) is 0 Å². The number of Topliss-reactive ketones (excluding diaryl/α,β-unsaturated/α-hetero) is 1. The first-order valence-electron chi connectivity index (χ1n) is 7.54. The van der Waals surface area contributed by atoms with Crippen LogP contribution in [-0.4, -0.2) is 10.4 Å². The largest absolute Gasteiger partial charge is 0.348 e. The zero-order chi connectivity index (χ0) is 13.7. The molecule has 0 amide bonds. The topological polar surface area (TPSA) is 22.0 Å². The normalized spacial score (nSPS) is 20.2. The average Bonchev–Trinajstić information content (AvgIpc) is 2.74. The highest BCUT2D eigenvalue weighted by atomic mass is 16.1. The summed E-state index contributed by atoms with van der Waals surface area (Å²) in [5.74, 6) is 0.959. The Balaban J connectivity index is 1.66. The first-order valence-corrected chi connectivity index (χ1v) is 7.54. The second kappa shape index (κ2) is 4.34. The minimum Gasteiger partial charge on any atom is -0.348 e. The Morgan fingerprint density at radius 3 is 2.95 bits per heavy atom. The van der Waals surface area contributed by atoms with Crippen LogP contribution in [0.5, 0.6) is 0 Å². The van der Waals surface area contributed by atoms with Gasteiger partial charge in [0.05, 0.1) is 0 Å². The fourth-order valence-corrected chi connectivity index (χ4v) is 3.79. The van der Waals surface area contributed by atoms with Crippen LogP contribution >= 0.6 is 0 Å². The van der Waals surface area contributed by atoms with E-state index in [-0.39, 0.29) is 0 Å². The molecule has 1 unspecified atom stereocenters. The number of aromatic nitrogens is 1. The van der Waals surface area contributed by atoms with Crippen molar-refractivity contribution in [2.75, 3.05) is 0 Å². The van der Waals surface area contributed by atoms with Crippen molar-refractivity contribution in [1.82, 2.24) is 4.57 Å². The zero-order valence-electron chi connectivity index (χ0n) is 11.9. The van der Waals surface area contributed by atoms with Gasteiger partial charge >= 0.3 is 0 Å². The number of aryl methyl sites for hydroxylation is 1. The molecule has 2 nitrogen and oxygen atoms in total. The number of rotatable bonds is 2. The van der Waals surface area contributed by atoms with Crippen LogP contribution in [-0.2, 0) is 19.4 Å². The van der Waals surface area contributed by atoms with E-state index in [1.165, 1.54) is 28.9 Å². The summed E-state index contributed by atoms with van der Waals surface area (Å²) in [6.45, 7) is 3.17. The predicted octanol–water partition coefficient (Wildman–Crippen LogP) is 3.66. The minimum atomic E-state index is 0.335. The minimum absolute atomic E-state index is 0.335. The monoisotopic (exact) mass is 265 g/mol. The molecular weight excluding hydrogens is 246 g/mol. The van der Waals surface area contributed by atoms with Gasteiger partial charge in [-0.15, -0.1) is 0 Å². The lowest BCUT2D eigenvalue weighted by atomic mass is 9.77. The molecule has 2 aliphatic rings. The maximum Gasteiger partial charge on any atom is 0.164 e. The quantitative estimate of drug-likeness (QED) is 0.812. The molecule has 0 saturated heterocycles. The van der Waals surface area contributed by atoms with Crippen molar-refractivity contribution in [3.63, 3.8) is 0 Å². The van der Waals surface area contributed by atoms with Crippen LogP contribution in [0.1, 0.15) is 51.6 Å². The van der Waals surface area contributed by atoms with Crippen LogP contribution in [0.3, 0.4) is 0 Å². The number of hydrogen-bond acceptors (Lipinski definition) is 1. The molecule has 20 heavy (non-hydrogen) atoms. The molecule has 0 bridgehead atoms. The summed E-state index contributed by atoms with van der Waals surface area (Å²) >= 11 is 0. The standard InChI is InChI=1S/C18H19NO/c1-12-9-16-17(7-4-8-18(16)20)19(12)11-14-10-13-5-2-3-6-15(13)14/h2-3,5-6,9,14H,4,7-8,10-11H2,1H3. The molecular formula is C18H19NO. The van der Waals surface area contributed by atoms with Gasteiger partial charge in [-0.1, -0.05) is 24.3 Å². The Kier molecular flexibility index (Phi) is 2.59. The van der Waals surface area contributed by atoms with Gasteiger partial charge in [-0.05, 0) is 43.4 Å². The molecule has 2 aromatic rings. The number of hydrogen-bond donors (Lipinski definition) is 0. The third-order valence-electron chi connectivity index (χ3n) is 4.90. The van der Waals surface area contributed by atoms with Gasteiger partial charge in [0.2, 0.25) is 0 Å². The highest BCUT2D eigenvalue weighted by Crippen LogP contribution is 2.37. The number of benzene rings is 1. The number of carbonyl (C=O) groups is 1. The van der Waals surface area contributed by atoms with Crippen molar-refractivity contribution in [3.8, 4) is 0 Å². The van der Waals surface area contributed by atoms with E-state index in [9.17, 15) is 4.79 Å². The molecule has 0 fully saturated rings. The average molecular weight is 265 g/mol. The van der Waals surface area contributed by atoms with Crippen molar-refractivity contribution in [3.05, 3.63) is 58.4 Å². The molecule has 1 aromatic carbocycles. The molecule has 1 aromatic heterocycles. The predicted molar refractivity (Wildman–Crippen MR) is 79.3 cm³/mol. The highest BCUT2D eigenvalue weighted by Gasteiger charge is 2.29. The molecule has 0 radical (unpaired) electrons. The van der Waals surface area contributed by atoms with Crippen LogP contribution in [0.15, 0.2) is 30.3 Å². The van der Waals surface area contributed by atoms with E-state index >= 15 is 0 Å². The molecule has 2 heteroatoms. The van der Waals surface area contributed by atoms with Crippen molar-refractivity contribution < 1.29 is 4.79 Å². The molecule has 0 N–H and O–H groups in total. The Morgan fingerprint density at radius 1 is 1.25 bits per heavy atom. The molecule has 102 valence electrons. The Labute approximate surface area is 119 Å². The fourth-order valence-electron chi connectivity index (χ4n) is 3.79. The van der Waals surface area contributed by atoms with E-state index < -0.39 is 0 Å². The van der Waals surface area contributed by atoms with E-state index in [0.717, 1.165) is 31.4 Å². The van der Waals surface area contributed by atoms with Crippen LogP contribution in [0, 0.1) is 6.92 Å². The van der Waals surface area contributed by atoms with Crippen LogP contribution in [0.2, 0.25) is 0 Å². The Hall–Kier alpha value is -1.83. The number of fused-ring (bicyclic) bond motifs is 2. The summed E-state index contributed by atoms with van der Waals surface area (Å²) in [5, 5.41) is 0. The molecule has 0 spiro atoms. The van der Waals surface area contributed by atoms with E-state index in [4.69, 9.17) is 0 Å². The van der Waals surface area contributed by atoms with E-state index in [0.29, 0.717) is 11.7 Å². The van der Waals surface area contributed by atoms with E-state index in [2.05, 4.69) is 41.8 Å². The van der Waals surface area contributed by atoms with Gasteiger partial charge in [-0.2, -0.15) is 0 Å². The van der Waals surface area contributed by atoms with Crippen LogP contribution in [0.25, 0.3) is 0 Å². The maximum atomic E-state index is 12.0. The smallest absolute Gasteiger partial charge is 0.164 e. The Bertz CT molecular complexity index is 695. The third kappa shape index (κ3) is 1.67. The van der Waals surface area contributed by atoms with Gasteiger partial charge in [0.25, 0.3) is 0 Å². The van der Waals surface area contributed by atoms with E-state index in [1.54, 1.807) is 0 Å². The van der Waals surface area contributed by atoms with E-state index in [1.807, 2.05) is 0 Å². The number of ketones is 1. The fraction of sp³-hybridized carbons (Fsp3) is 0.389. The zero-order valence-corrected chi connectivity index (χ0v) is 11.9. The van der Waals surface area contributed by atoms with Gasteiger partial charge in [0.15, 0.2) is 5.78 Å². The lowest BCUT2D eigenvalue weighted by Crippen LogP contribution is -2.24. The highest BCUT2D eigenvalue weighted by molar-refractivity contribution is 5.98. The van der Waals surface area contributed by atoms with Crippen molar-refractivity contribution in [1.29, 1.82) is 0 Å². The third-order valence-corrected chi connectivity index (χ3v) is 4.90. The Morgan fingerprint density at radius 2 is 2.10 bits per heavy atom. The van der Waals surface area contributed by atoms with Crippen molar-refractivity contribution >= 4 is 5.78 Å². The molecule has 0 aliphatic heterocycles. The summed E-state index contributed by atoms with van der Waals surface area (Å²) in [6, 6.07) is 10.8. The van der Waals surface area contributed by atoms with Gasteiger partial charge in [0, 0.05) is 35.8 Å². The summed E-state index contributed by atoms with van der Waals surface area (Å²) in [4.78, 5) is 12.0. The van der Waals surface area contributed by atoms with Gasteiger partial charge in [-0.25, -0.2) is 0 Å². The summed E-state index contributed by atoms with van der Waals surface area (Å²) < 4.78 is 2.40. The molecule has 4 rings (SSSR count). The molecule has 0 saturated carbocycles. The first-order chi connectivity index (χ1) is 9.74. The van der Waals surface area contributed by atoms with Crippen molar-refractivity contribution in [2.45, 2.75) is 45.1 Å². The van der Waals surface area contributed by atoms with Gasteiger partial charge < -0.3 is 4.57 Å². The maximum absolute atomic E-state index is 12.0. The molecule has 2 aliphatic carbocycles. The number of carbonyl (C=O) groups excluding carboxylic acids is 1. The summed E-state index contributed by atoms with van der Waals surface area (Å²) in [7, 11) is 0. The van der Waals surface area contributed by atoms with Gasteiger partial charge in [-0.3, -0.25) is 4.79 Å². The second-order valence-corrected chi connectivity index (χ2v) is 6.13. The van der Waals surface area contributed by atoms with Crippen LogP contribution < -0.4 is 0 Å². The lowest BCUT2D eigenvalue weighted by molar-refractivity contribution is 0.0971. The lowest BCUT2D eigenvalue weighted by Gasteiger charge is -2.32. The SMILES string of the molecule is Cc1cc2c(n1CC1Cc3ccccc31)CCCC2=O. The summed E-state index contributed by atoms with van der Waals surface area (Å²) in [6.07, 6.45) is 3.97. The summed E-state index contributed by atoms with van der Waals surface area (Å²) in [5.41, 5.74) is 6.50. The molecule has 1 atom stereocenters. The molecule has 1 heterocycles. The number of nitrogens with zero attached hydrogens (tertiary/aromatic N) is 1.